The topological polar surface area (TPSA) is 77.3 Å². The fourth-order valence-electron chi connectivity index (χ4n) is 7.24. The summed E-state index contributed by atoms with van der Waals surface area (Å²) in [6.45, 7) is 0. The maximum absolute atomic E-state index is 8.79. The van der Waals surface area contributed by atoms with E-state index in [1.807, 2.05) is 91.1 Å². The summed E-state index contributed by atoms with van der Waals surface area (Å²) in [5, 5.41) is 10.8. The van der Waals surface area contributed by atoms with Gasteiger partial charge in [-0.25, -0.2) is 15.0 Å². The summed E-state index contributed by atoms with van der Waals surface area (Å²) >= 11 is 0. The molecule has 8 aromatic rings. The highest BCUT2D eigenvalue weighted by molar-refractivity contribution is 6.16. The third-order valence-electron chi connectivity index (χ3n) is 10.1. The van der Waals surface area contributed by atoms with Crippen LogP contribution in [-0.4, -0.2) is 35.7 Å². The van der Waals surface area contributed by atoms with Gasteiger partial charge in [-0.2, -0.15) is 0 Å². The van der Waals surface area contributed by atoms with Crippen molar-refractivity contribution < 1.29 is 4.42 Å². The molecular formula is C50H37N5O. The summed E-state index contributed by atoms with van der Waals surface area (Å²) in [5.74, 6) is 1.46. The molecule has 0 aliphatic carbocycles. The third-order valence-corrected chi connectivity index (χ3v) is 10.1. The minimum atomic E-state index is 0.00266. The monoisotopic (exact) mass is 723 g/mol. The van der Waals surface area contributed by atoms with Crippen molar-refractivity contribution in [3.63, 3.8) is 0 Å². The van der Waals surface area contributed by atoms with Gasteiger partial charge in [0.15, 0.2) is 11.7 Å². The number of amidine groups is 3. The van der Waals surface area contributed by atoms with Crippen LogP contribution in [0.3, 0.4) is 0 Å². The number of hydrogen-bond acceptors (Lipinski definition) is 4. The minimum absolute atomic E-state index is 0.00266. The molecule has 1 N–H and O–H groups in total. The first-order valence-corrected chi connectivity index (χ1v) is 18.6. The third kappa shape index (κ3) is 6.88. The van der Waals surface area contributed by atoms with Crippen LogP contribution in [0.15, 0.2) is 207 Å². The highest BCUT2D eigenvalue weighted by atomic mass is 16.3. The van der Waals surface area contributed by atoms with Gasteiger partial charge in [0.2, 0.25) is 0 Å². The van der Waals surface area contributed by atoms with Gasteiger partial charge < -0.3 is 9.32 Å². The Balaban J connectivity index is 1.16. The first kappa shape index (κ1) is 34.3. The smallest absolute Gasteiger partial charge is 0.161 e. The van der Waals surface area contributed by atoms with E-state index >= 15 is 0 Å². The normalized spacial score (nSPS) is 14.6. The lowest BCUT2D eigenvalue weighted by atomic mass is 9.96. The summed E-state index contributed by atoms with van der Waals surface area (Å²) in [7, 11) is 2.11. The van der Waals surface area contributed by atoms with Gasteiger partial charge >= 0.3 is 0 Å². The molecule has 1 aromatic heterocycles. The van der Waals surface area contributed by atoms with Crippen LogP contribution in [0, 0.1) is 5.41 Å². The van der Waals surface area contributed by atoms with Crippen molar-refractivity contribution in [2.24, 2.45) is 15.0 Å². The zero-order valence-electron chi connectivity index (χ0n) is 30.7. The van der Waals surface area contributed by atoms with Crippen molar-refractivity contribution in [2.75, 3.05) is 7.05 Å². The lowest BCUT2D eigenvalue weighted by molar-refractivity contribution is 0.435. The molecule has 0 radical (unpaired) electrons. The fourth-order valence-corrected chi connectivity index (χ4v) is 7.24. The molecule has 56 heavy (non-hydrogen) atoms. The van der Waals surface area contributed by atoms with E-state index in [9.17, 15) is 0 Å². The molecule has 0 fully saturated rings. The van der Waals surface area contributed by atoms with Crippen LogP contribution < -0.4 is 0 Å². The van der Waals surface area contributed by atoms with Gasteiger partial charge in [-0.3, -0.25) is 5.41 Å². The Hall–Kier alpha value is -7.44. The van der Waals surface area contributed by atoms with Crippen molar-refractivity contribution >= 4 is 51.4 Å². The van der Waals surface area contributed by atoms with Gasteiger partial charge in [0.1, 0.15) is 17.0 Å². The summed E-state index contributed by atoms with van der Waals surface area (Å²) in [6.07, 6.45) is 4.05. The molecule has 268 valence electrons. The van der Waals surface area contributed by atoms with Crippen LogP contribution in [0.5, 0.6) is 0 Å². The zero-order valence-corrected chi connectivity index (χ0v) is 30.7. The first-order chi connectivity index (χ1) is 27.6. The SMILES string of the molecule is CN1C(c2cccc(-c3cc(/C=N/C(=N\C(=N)c4ccccc4)c4ccccc4)c4oc5ccccc5c4c3)c2)=NC(c2ccccc2)=CC1c1ccccc1. The van der Waals surface area contributed by atoms with Gasteiger partial charge in [-0.15, -0.1) is 0 Å². The summed E-state index contributed by atoms with van der Waals surface area (Å²) in [5.41, 5.74) is 10.2. The van der Waals surface area contributed by atoms with Crippen molar-refractivity contribution in [2.45, 2.75) is 6.04 Å². The number of nitrogens with one attached hydrogen (secondary N) is 1. The van der Waals surface area contributed by atoms with Gasteiger partial charge in [0.25, 0.3) is 0 Å². The van der Waals surface area contributed by atoms with E-state index in [0.29, 0.717) is 11.4 Å². The Bertz CT molecular complexity index is 2820. The fraction of sp³-hybridized carbons (Fsp3) is 0.0400. The highest BCUT2D eigenvalue weighted by Crippen LogP contribution is 2.37. The van der Waals surface area contributed by atoms with Gasteiger partial charge in [0.05, 0.1) is 11.7 Å². The van der Waals surface area contributed by atoms with E-state index in [-0.39, 0.29) is 11.9 Å². The molecule has 1 unspecified atom stereocenters. The number of furan rings is 1. The molecular weight excluding hydrogens is 687 g/mol. The second-order valence-electron chi connectivity index (χ2n) is 13.7. The Labute approximate surface area is 325 Å². The standard InChI is InChI=1S/C50H37N5O/c1-55-45(35-19-8-3-9-20-35)32-44(34-17-6-2-7-18-34)53-50(55)39-26-16-25-38(29-39)40-30-41(47-43(31-40)42-27-14-15-28-46(42)56-47)33-52-49(37-23-12-5-13-24-37)54-48(51)36-21-10-4-11-22-36/h2-33,45,51H,1H3/b51-48?,52-33+,54-49-. The van der Waals surface area contributed by atoms with E-state index in [2.05, 4.69) is 115 Å². The molecule has 1 aliphatic heterocycles. The number of rotatable bonds is 7. The van der Waals surface area contributed by atoms with Crippen LogP contribution in [-0.2, 0) is 0 Å². The van der Waals surface area contributed by atoms with Crippen molar-refractivity contribution in [1.29, 1.82) is 5.41 Å². The molecule has 1 atom stereocenters. The minimum Gasteiger partial charge on any atom is -0.455 e. The number of nitrogens with zero attached hydrogens (tertiary/aromatic N) is 4. The Morgan fingerprint density at radius 2 is 1.25 bits per heavy atom. The largest absolute Gasteiger partial charge is 0.455 e. The lowest BCUT2D eigenvalue weighted by Gasteiger charge is -2.33. The van der Waals surface area contributed by atoms with E-state index < -0.39 is 0 Å². The number of para-hydroxylation sites is 1. The second-order valence-corrected chi connectivity index (χ2v) is 13.7. The van der Waals surface area contributed by atoms with Crippen LogP contribution in [0.25, 0.3) is 38.8 Å². The van der Waals surface area contributed by atoms with Crippen LogP contribution in [0.1, 0.15) is 39.4 Å². The molecule has 6 heteroatoms. The van der Waals surface area contributed by atoms with Crippen molar-refractivity contribution in [3.05, 3.63) is 221 Å². The van der Waals surface area contributed by atoms with Gasteiger partial charge in [-0.05, 0) is 52.6 Å². The number of fused-ring (bicyclic) bond motifs is 3. The molecule has 2 heterocycles. The second kappa shape index (κ2) is 15.1. The maximum atomic E-state index is 8.79. The average Bonchev–Trinajstić information content (AvgIpc) is 3.65. The zero-order chi connectivity index (χ0) is 37.8. The molecule has 0 amide bonds. The number of likely N-dealkylation sites (N-methyl/N-ethyl adjacent to an activating group) is 1. The Morgan fingerprint density at radius 3 is 2.00 bits per heavy atom. The van der Waals surface area contributed by atoms with E-state index in [1.54, 1.807) is 0 Å². The maximum Gasteiger partial charge on any atom is 0.161 e. The van der Waals surface area contributed by atoms with Crippen LogP contribution in [0.4, 0.5) is 0 Å². The highest BCUT2D eigenvalue weighted by Gasteiger charge is 2.26. The molecule has 0 spiro atoms. The van der Waals surface area contributed by atoms with Crippen LogP contribution in [0.2, 0.25) is 0 Å². The average molecular weight is 724 g/mol. The molecule has 7 aromatic carbocycles. The van der Waals surface area contributed by atoms with Gasteiger partial charge in [-0.1, -0.05) is 158 Å². The van der Waals surface area contributed by atoms with E-state index in [0.717, 1.165) is 66.9 Å². The quantitative estimate of drug-likeness (QED) is 0.131. The molecule has 1 aliphatic rings. The molecule has 0 saturated heterocycles. The predicted molar refractivity (Wildman–Crippen MR) is 231 cm³/mol. The van der Waals surface area contributed by atoms with E-state index in [4.69, 9.17) is 24.8 Å². The summed E-state index contributed by atoms with van der Waals surface area (Å²) < 4.78 is 6.50. The number of aliphatic imine (C=N–C) groups is 3. The molecule has 0 saturated carbocycles. The summed E-state index contributed by atoms with van der Waals surface area (Å²) in [6, 6.07) is 61.2. The number of hydrogen-bond donors (Lipinski definition) is 1. The predicted octanol–water partition coefficient (Wildman–Crippen LogP) is 11.6. The van der Waals surface area contributed by atoms with Gasteiger partial charge in [0, 0.05) is 46.3 Å². The first-order valence-electron chi connectivity index (χ1n) is 18.6. The number of benzene rings is 7. The Kier molecular flexibility index (Phi) is 9.27. The Morgan fingerprint density at radius 1 is 0.625 bits per heavy atom. The van der Waals surface area contributed by atoms with Crippen molar-refractivity contribution in [3.8, 4) is 11.1 Å². The summed E-state index contributed by atoms with van der Waals surface area (Å²) in [4.78, 5) is 17.2. The van der Waals surface area contributed by atoms with E-state index in [1.165, 1.54) is 5.56 Å². The van der Waals surface area contributed by atoms with Crippen LogP contribution >= 0.6 is 0 Å². The molecule has 9 rings (SSSR count). The van der Waals surface area contributed by atoms with Crippen molar-refractivity contribution in [1.82, 2.24) is 4.90 Å². The molecule has 0 bridgehead atoms. The lowest BCUT2D eigenvalue weighted by Crippen LogP contribution is -2.33. The molecule has 6 nitrogen and oxygen atoms in total.